The van der Waals surface area contributed by atoms with Crippen molar-refractivity contribution in [1.82, 2.24) is 4.98 Å². The van der Waals surface area contributed by atoms with Gasteiger partial charge in [0.1, 0.15) is 10.6 Å². The van der Waals surface area contributed by atoms with Crippen molar-refractivity contribution in [2.24, 2.45) is 5.92 Å². The summed E-state index contributed by atoms with van der Waals surface area (Å²) < 4.78 is 5.91. The molecule has 2 aromatic rings. The van der Waals surface area contributed by atoms with Crippen molar-refractivity contribution in [2.75, 3.05) is 7.11 Å². The molecule has 3 heteroatoms. The molecular weight excluding hydrogens is 266 g/mol. The maximum absolute atomic E-state index is 5.91. The SMILES string of the molecule is COC1(c2nc(-c3ccccc3)cs2)CCC(C)CC1. The fourth-order valence-corrected chi connectivity index (χ4v) is 4.02. The Morgan fingerprint density at radius 3 is 2.55 bits per heavy atom. The van der Waals surface area contributed by atoms with E-state index in [1.54, 1.807) is 11.3 Å². The lowest BCUT2D eigenvalue weighted by Gasteiger charge is -2.36. The summed E-state index contributed by atoms with van der Waals surface area (Å²) in [5.74, 6) is 0.812. The molecule has 0 unspecified atom stereocenters. The maximum atomic E-state index is 5.91. The lowest BCUT2D eigenvalue weighted by molar-refractivity contribution is -0.0530. The quantitative estimate of drug-likeness (QED) is 0.804. The zero-order valence-electron chi connectivity index (χ0n) is 12.1. The summed E-state index contributed by atoms with van der Waals surface area (Å²) in [6, 6.07) is 10.4. The fraction of sp³-hybridized carbons (Fsp3) is 0.471. The van der Waals surface area contributed by atoms with Gasteiger partial charge >= 0.3 is 0 Å². The van der Waals surface area contributed by atoms with Gasteiger partial charge in [-0.05, 0) is 31.6 Å². The Hall–Kier alpha value is -1.19. The van der Waals surface area contributed by atoms with Gasteiger partial charge in [-0.1, -0.05) is 37.3 Å². The summed E-state index contributed by atoms with van der Waals surface area (Å²) in [5.41, 5.74) is 2.11. The van der Waals surface area contributed by atoms with Gasteiger partial charge in [0.05, 0.1) is 5.69 Å². The molecule has 2 nitrogen and oxygen atoms in total. The lowest BCUT2D eigenvalue weighted by Crippen LogP contribution is -2.33. The van der Waals surface area contributed by atoms with Crippen LogP contribution in [0.1, 0.15) is 37.6 Å². The zero-order valence-corrected chi connectivity index (χ0v) is 13.0. The van der Waals surface area contributed by atoms with Gasteiger partial charge in [-0.3, -0.25) is 0 Å². The minimum absolute atomic E-state index is 0.149. The first-order valence-electron chi connectivity index (χ1n) is 7.30. The van der Waals surface area contributed by atoms with Crippen molar-refractivity contribution in [3.63, 3.8) is 0 Å². The van der Waals surface area contributed by atoms with E-state index in [1.165, 1.54) is 18.4 Å². The number of hydrogen-bond acceptors (Lipinski definition) is 3. The molecule has 0 radical (unpaired) electrons. The van der Waals surface area contributed by atoms with Crippen LogP contribution in [0.5, 0.6) is 0 Å². The number of nitrogens with zero attached hydrogens (tertiary/aromatic N) is 1. The summed E-state index contributed by atoms with van der Waals surface area (Å²) in [5, 5.41) is 3.30. The average Bonchev–Trinajstić information content (AvgIpc) is 3.00. The Labute approximate surface area is 124 Å². The molecule has 0 N–H and O–H groups in total. The highest BCUT2D eigenvalue weighted by atomic mass is 32.1. The second-order valence-corrected chi connectivity index (χ2v) is 6.64. The van der Waals surface area contributed by atoms with E-state index in [-0.39, 0.29) is 5.60 Å². The molecule has 1 aromatic heterocycles. The van der Waals surface area contributed by atoms with Gasteiger partial charge in [-0.15, -0.1) is 11.3 Å². The molecule has 1 aliphatic carbocycles. The van der Waals surface area contributed by atoms with Crippen molar-refractivity contribution < 1.29 is 4.74 Å². The highest BCUT2D eigenvalue weighted by Gasteiger charge is 2.38. The Morgan fingerprint density at radius 2 is 1.90 bits per heavy atom. The Morgan fingerprint density at radius 1 is 1.20 bits per heavy atom. The van der Waals surface area contributed by atoms with Crippen molar-refractivity contribution in [1.29, 1.82) is 0 Å². The molecule has 1 aliphatic rings. The van der Waals surface area contributed by atoms with Crippen molar-refractivity contribution in [3.05, 3.63) is 40.7 Å². The minimum atomic E-state index is -0.149. The number of rotatable bonds is 3. The van der Waals surface area contributed by atoms with Gasteiger partial charge < -0.3 is 4.74 Å². The van der Waals surface area contributed by atoms with E-state index in [4.69, 9.17) is 9.72 Å². The summed E-state index contributed by atoms with van der Waals surface area (Å²) in [6.07, 6.45) is 4.64. The molecule has 1 saturated carbocycles. The molecular formula is C17H21NOS. The Bertz CT molecular complexity index is 555. The van der Waals surface area contributed by atoms with Gasteiger partial charge in [-0.2, -0.15) is 0 Å². The number of methoxy groups -OCH3 is 1. The summed E-state index contributed by atoms with van der Waals surface area (Å²) in [6.45, 7) is 2.33. The predicted octanol–water partition coefficient (Wildman–Crippen LogP) is 4.86. The molecule has 1 fully saturated rings. The van der Waals surface area contributed by atoms with Crippen LogP contribution in [0.25, 0.3) is 11.3 Å². The first-order chi connectivity index (χ1) is 9.73. The molecule has 1 aromatic carbocycles. The molecule has 0 spiro atoms. The van der Waals surface area contributed by atoms with Gasteiger partial charge in [0.15, 0.2) is 0 Å². The highest BCUT2D eigenvalue weighted by molar-refractivity contribution is 7.10. The smallest absolute Gasteiger partial charge is 0.125 e. The van der Waals surface area contributed by atoms with Gasteiger partial charge in [0, 0.05) is 18.1 Å². The molecule has 0 atom stereocenters. The van der Waals surface area contributed by atoms with E-state index in [2.05, 4.69) is 36.6 Å². The van der Waals surface area contributed by atoms with E-state index in [0.717, 1.165) is 29.5 Å². The van der Waals surface area contributed by atoms with Crippen LogP contribution in [-0.2, 0) is 10.3 Å². The molecule has 20 heavy (non-hydrogen) atoms. The molecule has 1 heterocycles. The Balaban J connectivity index is 1.89. The molecule has 0 saturated heterocycles. The van der Waals surface area contributed by atoms with Crippen LogP contribution in [0.2, 0.25) is 0 Å². The van der Waals surface area contributed by atoms with Crippen LogP contribution in [-0.4, -0.2) is 12.1 Å². The number of thiazole rings is 1. The van der Waals surface area contributed by atoms with Crippen LogP contribution < -0.4 is 0 Å². The molecule has 3 rings (SSSR count). The van der Waals surface area contributed by atoms with E-state index in [9.17, 15) is 0 Å². The minimum Gasteiger partial charge on any atom is -0.371 e. The molecule has 106 valence electrons. The predicted molar refractivity (Wildman–Crippen MR) is 83.9 cm³/mol. The third-order valence-electron chi connectivity index (χ3n) is 4.44. The molecule has 0 aliphatic heterocycles. The largest absolute Gasteiger partial charge is 0.371 e. The van der Waals surface area contributed by atoms with Crippen LogP contribution in [0.3, 0.4) is 0 Å². The second-order valence-electron chi connectivity index (χ2n) is 5.78. The van der Waals surface area contributed by atoms with Crippen LogP contribution >= 0.6 is 11.3 Å². The summed E-state index contributed by atoms with van der Waals surface area (Å²) >= 11 is 1.74. The topological polar surface area (TPSA) is 22.1 Å². The fourth-order valence-electron chi connectivity index (χ4n) is 2.96. The average molecular weight is 287 g/mol. The van der Waals surface area contributed by atoms with Crippen molar-refractivity contribution >= 4 is 11.3 Å². The first-order valence-corrected chi connectivity index (χ1v) is 8.18. The van der Waals surface area contributed by atoms with Crippen LogP contribution in [0.15, 0.2) is 35.7 Å². The maximum Gasteiger partial charge on any atom is 0.125 e. The monoisotopic (exact) mass is 287 g/mol. The zero-order chi connectivity index (χ0) is 14.0. The second kappa shape index (κ2) is 5.66. The Kier molecular flexibility index (Phi) is 3.90. The van der Waals surface area contributed by atoms with E-state index < -0.39 is 0 Å². The van der Waals surface area contributed by atoms with Gasteiger partial charge in [-0.25, -0.2) is 4.98 Å². The van der Waals surface area contributed by atoms with Crippen molar-refractivity contribution in [2.45, 2.75) is 38.2 Å². The molecule has 0 amide bonds. The summed E-state index contributed by atoms with van der Waals surface area (Å²) in [7, 11) is 1.83. The summed E-state index contributed by atoms with van der Waals surface area (Å²) in [4.78, 5) is 4.87. The van der Waals surface area contributed by atoms with E-state index in [1.807, 2.05) is 13.2 Å². The highest BCUT2D eigenvalue weighted by Crippen LogP contribution is 2.43. The third kappa shape index (κ3) is 2.52. The number of benzene rings is 1. The van der Waals surface area contributed by atoms with Crippen LogP contribution in [0, 0.1) is 5.92 Å². The number of aromatic nitrogens is 1. The number of hydrogen-bond donors (Lipinski definition) is 0. The van der Waals surface area contributed by atoms with Gasteiger partial charge in [0.2, 0.25) is 0 Å². The van der Waals surface area contributed by atoms with Crippen LogP contribution in [0.4, 0.5) is 0 Å². The van der Waals surface area contributed by atoms with E-state index >= 15 is 0 Å². The van der Waals surface area contributed by atoms with E-state index in [0.29, 0.717) is 0 Å². The van der Waals surface area contributed by atoms with Crippen molar-refractivity contribution in [3.8, 4) is 11.3 Å². The third-order valence-corrected chi connectivity index (χ3v) is 5.46. The normalized spacial score (nSPS) is 26.6. The number of ether oxygens (including phenoxy) is 1. The lowest BCUT2D eigenvalue weighted by atomic mass is 9.80. The van der Waals surface area contributed by atoms with Gasteiger partial charge in [0.25, 0.3) is 0 Å². The molecule has 0 bridgehead atoms. The standard InChI is InChI=1S/C17H21NOS/c1-13-8-10-17(19-2,11-9-13)16-18-15(12-20-16)14-6-4-3-5-7-14/h3-7,12-13H,8-11H2,1-2H3. The first kappa shape index (κ1) is 13.8.